The molecule has 0 radical (unpaired) electrons. The fourth-order valence-corrected chi connectivity index (χ4v) is 4.96. The van der Waals surface area contributed by atoms with E-state index in [2.05, 4.69) is 78.7 Å². The minimum atomic E-state index is 0.817. The van der Waals surface area contributed by atoms with Crippen LogP contribution in [0.1, 0.15) is 31.7 Å². The van der Waals surface area contributed by atoms with Crippen LogP contribution < -0.4 is 10.2 Å². The Morgan fingerprint density at radius 2 is 1.88 bits per heavy atom. The maximum Gasteiger partial charge on any atom is 0.139 e. The summed E-state index contributed by atoms with van der Waals surface area (Å²) in [4.78, 5) is 15.1. The predicted molar refractivity (Wildman–Crippen MR) is 138 cm³/mol. The lowest BCUT2D eigenvalue weighted by atomic mass is 10.0. The minimum absolute atomic E-state index is 0.817. The number of hydrogen-bond donors (Lipinski definition) is 3. The summed E-state index contributed by atoms with van der Waals surface area (Å²) >= 11 is 0. The minimum Gasteiger partial charge on any atom is -0.371 e. The lowest BCUT2D eigenvalue weighted by molar-refractivity contribution is 0.579. The number of hydrogen-bond acceptors (Lipinski definition) is 5. The highest BCUT2D eigenvalue weighted by molar-refractivity contribution is 5.99. The van der Waals surface area contributed by atoms with Crippen LogP contribution in [0.4, 0.5) is 5.69 Å². The smallest absolute Gasteiger partial charge is 0.139 e. The van der Waals surface area contributed by atoms with Crippen LogP contribution in [0.5, 0.6) is 0 Å². The SMILES string of the molecule is CCNCc1cncc(-c2ccc3[nH]nc(-c4cc5c(N6CCCCC6)ccnc5[nH]4)c3c2)c1. The first-order valence-corrected chi connectivity index (χ1v) is 12.2. The molecular weight excluding hydrogens is 422 g/mol. The van der Waals surface area contributed by atoms with Crippen molar-refractivity contribution in [1.29, 1.82) is 0 Å². The Labute approximate surface area is 198 Å². The summed E-state index contributed by atoms with van der Waals surface area (Å²) in [6, 6.07) is 13.0. The summed E-state index contributed by atoms with van der Waals surface area (Å²) in [5.74, 6) is 0. The van der Waals surface area contributed by atoms with Gasteiger partial charge in [-0.2, -0.15) is 5.10 Å². The van der Waals surface area contributed by atoms with E-state index in [1.54, 1.807) is 0 Å². The van der Waals surface area contributed by atoms with Gasteiger partial charge in [0.15, 0.2) is 0 Å². The van der Waals surface area contributed by atoms with Gasteiger partial charge in [0.25, 0.3) is 0 Å². The van der Waals surface area contributed by atoms with E-state index in [0.29, 0.717) is 0 Å². The van der Waals surface area contributed by atoms with Gasteiger partial charge in [0.1, 0.15) is 11.3 Å². The number of nitrogens with zero attached hydrogens (tertiary/aromatic N) is 4. The van der Waals surface area contributed by atoms with Crippen molar-refractivity contribution in [2.45, 2.75) is 32.7 Å². The topological polar surface area (TPSA) is 85.5 Å². The maximum absolute atomic E-state index is 4.67. The molecule has 0 saturated carbocycles. The molecule has 1 aliphatic heterocycles. The van der Waals surface area contributed by atoms with Crippen LogP contribution >= 0.6 is 0 Å². The van der Waals surface area contributed by atoms with Gasteiger partial charge in [-0.15, -0.1) is 0 Å². The van der Waals surface area contributed by atoms with Gasteiger partial charge in [-0.3, -0.25) is 10.1 Å². The molecule has 34 heavy (non-hydrogen) atoms. The number of nitrogens with one attached hydrogen (secondary N) is 3. The highest BCUT2D eigenvalue weighted by Gasteiger charge is 2.18. The number of benzene rings is 1. The van der Waals surface area contributed by atoms with Crippen molar-refractivity contribution in [2.24, 2.45) is 0 Å². The van der Waals surface area contributed by atoms with E-state index in [9.17, 15) is 0 Å². The molecule has 1 aliphatic rings. The Bertz CT molecular complexity index is 1440. The van der Waals surface area contributed by atoms with E-state index >= 15 is 0 Å². The average Bonchev–Trinajstić information content (AvgIpc) is 3.51. The fourth-order valence-electron chi connectivity index (χ4n) is 4.96. The third kappa shape index (κ3) is 3.82. The zero-order valence-corrected chi connectivity index (χ0v) is 19.4. The lowest BCUT2D eigenvalue weighted by Crippen LogP contribution is -2.29. The van der Waals surface area contributed by atoms with Crippen molar-refractivity contribution in [2.75, 3.05) is 24.5 Å². The van der Waals surface area contributed by atoms with Crippen LogP contribution in [0.3, 0.4) is 0 Å². The van der Waals surface area contributed by atoms with Crippen LogP contribution in [-0.2, 0) is 6.54 Å². The molecule has 1 aromatic carbocycles. The molecule has 0 aliphatic carbocycles. The number of aromatic amines is 2. The first-order chi connectivity index (χ1) is 16.8. The molecule has 0 bridgehead atoms. The summed E-state index contributed by atoms with van der Waals surface area (Å²) < 4.78 is 0. The van der Waals surface area contributed by atoms with E-state index in [0.717, 1.165) is 70.6 Å². The van der Waals surface area contributed by atoms with Crippen LogP contribution in [0.25, 0.3) is 44.5 Å². The van der Waals surface area contributed by atoms with E-state index in [-0.39, 0.29) is 0 Å². The third-order valence-electron chi connectivity index (χ3n) is 6.73. The Balaban J connectivity index is 1.40. The molecule has 1 fully saturated rings. The van der Waals surface area contributed by atoms with Gasteiger partial charge in [0.05, 0.1) is 11.2 Å². The van der Waals surface area contributed by atoms with Crippen molar-refractivity contribution in [3.63, 3.8) is 0 Å². The first kappa shape index (κ1) is 20.9. The van der Waals surface area contributed by atoms with Crippen molar-refractivity contribution < 1.29 is 0 Å². The second kappa shape index (κ2) is 8.91. The van der Waals surface area contributed by atoms with E-state index in [1.165, 1.54) is 30.5 Å². The van der Waals surface area contributed by atoms with Crippen LogP contribution in [0.2, 0.25) is 0 Å². The molecule has 0 amide bonds. The third-order valence-corrected chi connectivity index (χ3v) is 6.73. The summed E-state index contributed by atoms with van der Waals surface area (Å²) in [6.45, 7) is 6.08. The second-order valence-corrected chi connectivity index (χ2v) is 9.02. The number of rotatable bonds is 6. The largest absolute Gasteiger partial charge is 0.371 e. The summed E-state index contributed by atoms with van der Waals surface area (Å²) in [7, 11) is 0. The van der Waals surface area contributed by atoms with Crippen molar-refractivity contribution in [3.8, 4) is 22.5 Å². The molecule has 0 unspecified atom stereocenters. The number of pyridine rings is 2. The Morgan fingerprint density at radius 3 is 2.76 bits per heavy atom. The molecule has 1 saturated heterocycles. The van der Waals surface area contributed by atoms with E-state index < -0.39 is 0 Å². The standard InChI is InChI=1S/C27H29N7/c1-2-28-15-18-12-20(17-29-16-18)19-6-7-23-21(13-19)26(33-32-23)24-14-22-25(8-9-30-27(22)31-24)34-10-4-3-5-11-34/h6-9,12-14,16-17,28H,2-5,10-11,15H2,1H3,(H,30,31)(H,32,33). The highest BCUT2D eigenvalue weighted by atomic mass is 15.1. The zero-order valence-electron chi connectivity index (χ0n) is 19.4. The normalized spacial score (nSPS) is 14.3. The Hall–Kier alpha value is -3.71. The molecule has 172 valence electrons. The van der Waals surface area contributed by atoms with Gasteiger partial charge in [-0.05, 0) is 67.3 Å². The Morgan fingerprint density at radius 1 is 0.971 bits per heavy atom. The zero-order chi connectivity index (χ0) is 22.9. The predicted octanol–water partition coefficient (Wildman–Crippen LogP) is 5.27. The molecule has 7 heteroatoms. The van der Waals surface area contributed by atoms with Crippen molar-refractivity contribution in [3.05, 3.63) is 60.6 Å². The number of H-pyrrole nitrogens is 2. The summed E-state index contributed by atoms with van der Waals surface area (Å²) in [6.07, 6.45) is 9.56. The second-order valence-electron chi connectivity index (χ2n) is 9.02. The van der Waals surface area contributed by atoms with Crippen molar-refractivity contribution >= 4 is 27.6 Å². The molecule has 3 N–H and O–H groups in total. The molecule has 5 heterocycles. The molecule has 4 aromatic heterocycles. The molecule has 0 spiro atoms. The fraction of sp³-hybridized carbons (Fsp3) is 0.296. The van der Waals surface area contributed by atoms with Gasteiger partial charge in [0, 0.05) is 60.2 Å². The van der Waals surface area contributed by atoms with Gasteiger partial charge in [-0.1, -0.05) is 13.0 Å². The van der Waals surface area contributed by atoms with Crippen molar-refractivity contribution in [1.82, 2.24) is 30.5 Å². The van der Waals surface area contributed by atoms with Gasteiger partial charge in [0.2, 0.25) is 0 Å². The van der Waals surface area contributed by atoms with E-state index in [4.69, 9.17) is 0 Å². The molecule has 6 rings (SSSR count). The van der Waals surface area contributed by atoms with Crippen LogP contribution in [0.15, 0.2) is 55.0 Å². The van der Waals surface area contributed by atoms with Gasteiger partial charge in [-0.25, -0.2) is 4.98 Å². The van der Waals surface area contributed by atoms with E-state index in [1.807, 2.05) is 18.6 Å². The maximum atomic E-state index is 4.67. The number of piperidine rings is 1. The monoisotopic (exact) mass is 451 g/mol. The molecule has 5 aromatic rings. The van der Waals surface area contributed by atoms with Crippen LogP contribution in [0, 0.1) is 0 Å². The summed E-state index contributed by atoms with van der Waals surface area (Å²) in [5.41, 5.74) is 8.49. The number of aromatic nitrogens is 5. The average molecular weight is 452 g/mol. The molecular formula is C27H29N7. The quantitative estimate of drug-likeness (QED) is 0.328. The van der Waals surface area contributed by atoms with Crippen LogP contribution in [-0.4, -0.2) is 44.8 Å². The molecule has 7 nitrogen and oxygen atoms in total. The number of anilines is 1. The van der Waals surface area contributed by atoms with Gasteiger partial charge < -0.3 is 15.2 Å². The van der Waals surface area contributed by atoms with Gasteiger partial charge >= 0.3 is 0 Å². The molecule has 0 atom stereocenters. The Kier molecular flexibility index (Phi) is 5.47. The number of fused-ring (bicyclic) bond motifs is 2. The first-order valence-electron chi connectivity index (χ1n) is 12.2. The highest BCUT2D eigenvalue weighted by Crippen LogP contribution is 2.34. The summed E-state index contributed by atoms with van der Waals surface area (Å²) in [5, 5.41) is 13.5. The lowest BCUT2D eigenvalue weighted by Gasteiger charge is -2.29.